The number of hydrogen-bond acceptors (Lipinski definition) is 2. The highest BCUT2D eigenvalue weighted by atomic mass is 15.1. The average molecular weight is 841 g/mol. The number of benzene rings is 12. The maximum atomic E-state index is 2.49. The van der Waals surface area contributed by atoms with E-state index in [9.17, 15) is 0 Å². The lowest BCUT2D eigenvalue weighted by atomic mass is 9.83. The van der Waals surface area contributed by atoms with Crippen LogP contribution in [0.2, 0.25) is 0 Å². The van der Waals surface area contributed by atoms with Crippen molar-refractivity contribution in [1.29, 1.82) is 0 Å². The summed E-state index contributed by atoms with van der Waals surface area (Å²) in [5.41, 5.74) is 13.9. The quantitative estimate of drug-likeness (QED) is 0.106. The molecule has 0 spiro atoms. The first-order valence-corrected chi connectivity index (χ1v) is 22.7. The van der Waals surface area contributed by atoms with Gasteiger partial charge >= 0.3 is 0 Å². The Hall–Kier alpha value is -8.72. The molecule has 0 saturated carbocycles. The molecule has 0 radical (unpaired) electrons. The summed E-state index contributed by atoms with van der Waals surface area (Å²) in [6, 6.07) is 96.9. The van der Waals surface area contributed by atoms with Gasteiger partial charge in [0.15, 0.2) is 0 Å². The molecule has 12 rings (SSSR count). The van der Waals surface area contributed by atoms with Crippen LogP contribution in [0.15, 0.2) is 267 Å². The third-order valence-corrected chi connectivity index (χ3v) is 13.0. The highest BCUT2D eigenvalue weighted by Crippen LogP contribution is 2.48. The van der Waals surface area contributed by atoms with Crippen molar-refractivity contribution >= 4 is 77.2 Å². The van der Waals surface area contributed by atoms with Crippen molar-refractivity contribution in [2.24, 2.45) is 0 Å². The van der Waals surface area contributed by atoms with Gasteiger partial charge in [-0.15, -0.1) is 0 Å². The Morgan fingerprint density at radius 3 is 0.955 bits per heavy atom. The molecule has 2 heteroatoms. The van der Waals surface area contributed by atoms with E-state index in [1.54, 1.807) is 0 Å². The Morgan fingerprint density at radius 1 is 0.197 bits per heavy atom. The molecule has 0 bridgehead atoms. The summed E-state index contributed by atoms with van der Waals surface area (Å²) in [5.74, 6) is 0. The van der Waals surface area contributed by atoms with Gasteiger partial charge in [0.05, 0.1) is 0 Å². The molecule has 0 unspecified atom stereocenters. The Kier molecular flexibility index (Phi) is 9.89. The van der Waals surface area contributed by atoms with Crippen LogP contribution in [0, 0.1) is 0 Å². The molecule has 0 saturated heterocycles. The third-order valence-electron chi connectivity index (χ3n) is 13.0. The number of para-hydroxylation sites is 4. The molecule has 0 N–H and O–H groups in total. The summed E-state index contributed by atoms with van der Waals surface area (Å²) in [5, 5.41) is 9.85. The van der Waals surface area contributed by atoms with Crippen LogP contribution in [0.1, 0.15) is 0 Å². The minimum atomic E-state index is 1.10. The van der Waals surface area contributed by atoms with E-state index >= 15 is 0 Å². The van der Waals surface area contributed by atoms with Crippen molar-refractivity contribution in [2.75, 3.05) is 9.80 Å². The number of anilines is 6. The van der Waals surface area contributed by atoms with Gasteiger partial charge in [-0.1, -0.05) is 176 Å². The molecule has 2 nitrogen and oxygen atoms in total. The second kappa shape index (κ2) is 16.8. The van der Waals surface area contributed by atoms with Gasteiger partial charge in [-0.25, -0.2) is 0 Å². The average Bonchev–Trinajstić information content (AvgIpc) is 3.39. The molecule has 0 fully saturated rings. The van der Waals surface area contributed by atoms with Crippen molar-refractivity contribution in [3.05, 3.63) is 267 Å². The summed E-state index contributed by atoms with van der Waals surface area (Å²) < 4.78 is 0. The van der Waals surface area contributed by atoms with E-state index in [0.29, 0.717) is 0 Å². The van der Waals surface area contributed by atoms with Crippen LogP contribution in [0.3, 0.4) is 0 Å². The maximum Gasteiger partial charge on any atom is 0.0462 e. The fourth-order valence-corrected chi connectivity index (χ4v) is 10.0. The molecule has 0 aliphatic heterocycles. The minimum absolute atomic E-state index is 1.10. The summed E-state index contributed by atoms with van der Waals surface area (Å²) >= 11 is 0. The number of rotatable bonds is 9. The maximum absolute atomic E-state index is 2.49. The summed E-state index contributed by atoms with van der Waals surface area (Å²) in [6.07, 6.45) is 0. The Bertz CT molecular complexity index is 3570. The van der Waals surface area contributed by atoms with Gasteiger partial charge < -0.3 is 9.80 Å². The molecule has 0 amide bonds. The van der Waals surface area contributed by atoms with E-state index in [1.165, 1.54) is 76.5 Å². The zero-order chi connectivity index (χ0) is 43.8. The molecule has 66 heavy (non-hydrogen) atoms. The topological polar surface area (TPSA) is 6.48 Å². The Morgan fingerprint density at radius 2 is 0.530 bits per heavy atom. The van der Waals surface area contributed by atoms with Gasteiger partial charge in [0, 0.05) is 34.1 Å². The first-order valence-electron chi connectivity index (χ1n) is 22.7. The molecule has 12 aromatic carbocycles. The smallest absolute Gasteiger partial charge is 0.0462 e. The first-order chi connectivity index (χ1) is 32.8. The predicted octanol–water partition coefficient (Wildman–Crippen LogP) is 18.2. The van der Waals surface area contributed by atoms with Crippen molar-refractivity contribution in [3.63, 3.8) is 0 Å². The molecular weight excluding hydrogens is 797 g/mol. The van der Waals surface area contributed by atoms with Crippen molar-refractivity contribution < 1.29 is 0 Å². The number of hydrogen-bond donors (Lipinski definition) is 0. The molecule has 0 aromatic heterocycles. The van der Waals surface area contributed by atoms with Crippen LogP contribution in [-0.4, -0.2) is 0 Å². The van der Waals surface area contributed by atoms with Crippen LogP contribution < -0.4 is 9.80 Å². The Labute approximate surface area is 385 Å². The van der Waals surface area contributed by atoms with Gasteiger partial charge in [0.25, 0.3) is 0 Å². The van der Waals surface area contributed by atoms with Crippen molar-refractivity contribution in [2.45, 2.75) is 0 Å². The molecule has 0 aliphatic rings. The lowest BCUT2D eigenvalue weighted by molar-refractivity contribution is 1.28. The fourth-order valence-electron chi connectivity index (χ4n) is 10.0. The van der Waals surface area contributed by atoms with Crippen LogP contribution in [-0.2, 0) is 0 Å². The van der Waals surface area contributed by atoms with Gasteiger partial charge in [0.2, 0.25) is 0 Å². The highest BCUT2D eigenvalue weighted by Gasteiger charge is 2.21. The standard InChI is InChI=1S/C64H44N2/c1-6-20-45(21-7-1)58-42-48-22-16-17-31-55(48)59-43-61-62(44-60(58)59)64(47-36-40-54(41-37-47)66(51-27-12-4-13-28-51)52-29-14-5-15-30-52)57-33-19-18-32-56(57)63(61)46-34-38-53(39-35-46)65(49-23-8-2-9-24-49)50-25-10-3-11-26-50/h1-44H. The second-order valence-corrected chi connectivity index (χ2v) is 16.9. The van der Waals surface area contributed by atoms with Gasteiger partial charge in [0.1, 0.15) is 0 Å². The van der Waals surface area contributed by atoms with Crippen molar-refractivity contribution in [1.82, 2.24) is 0 Å². The van der Waals surface area contributed by atoms with E-state index < -0.39 is 0 Å². The Balaban J connectivity index is 1.12. The van der Waals surface area contributed by atoms with Gasteiger partial charge in [-0.2, -0.15) is 0 Å². The van der Waals surface area contributed by atoms with Gasteiger partial charge in [-0.05, 0) is 167 Å². The first kappa shape index (κ1) is 38.9. The van der Waals surface area contributed by atoms with Crippen LogP contribution in [0.4, 0.5) is 34.1 Å². The fraction of sp³-hybridized carbons (Fsp3) is 0. The number of nitrogens with zero attached hydrogens (tertiary/aromatic N) is 2. The lowest BCUT2D eigenvalue weighted by Gasteiger charge is -2.26. The zero-order valence-electron chi connectivity index (χ0n) is 36.3. The van der Waals surface area contributed by atoms with Crippen LogP contribution in [0.5, 0.6) is 0 Å². The van der Waals surface area contributed by atoms with Crippen molar-refractivity contribution in [3.8, 4) is 33.4 Å². The largest absolute Gasteiger partial charge is 0.311 e. The van der Waals surface area contributed by atoms with Crippen LogP contribution in [0.25, 0.3) is 76.5 Å². The molecular formula is C64H44N2. The van der Waals surface area contributed by atoms with Gasteiger partial charge in [-0.3, -0.25) is 0 Å². The minimum Gasteiger partial charge on any atom is -0.311 e. The van der Waals surface area contributed by atoms with E-state index in [4.69, 9.17) is 0 Å². The second-order valence-electron chi connectivity index (χ2n) is 16.9. The highest BCUT2D eigenvalue weighted by molar-refractivity contribution is 6.27. The van der Waals surface area contributed by atoms with E-state index in [2.05, 4.69) is 277 Å². The zero-order valence-corrected chi connectivity index (χ0v) is 36.3. The SMILES string of the molecule is c1ccc(-c2cc3ccccc3c3cc4c(-c5ccc(N(c6ccccc6)c6ccccc6)cc5)c5ccccc5c(-c5ccc(N(c6ccccc6)c6ccccc6)cc5)c4cc23)cc1. The molecule has 0 heterocycles. The molecule has 310 valence electrons. The molecule has 0 atom stereocenters. The summed E-state index contributed by atoms with van der Waals surface area (Å²) in [7, 11) is 0. The summed E-state index contributed by atoms with van der Waals surface area (Å²) in [4.78, 5) is 4.66. The normalized spacial score (nSPS) is 11.3. The predicted molar refractivity (Wildman–Crippen MR) is 282 cm³/mol. The van der Waals surface area contributed by atoms with E-state index in [0.717, 1.165) is 34.1 Å². The van der Waals surface area contributed by atoms with Crippen LogP contribution >= 0.6 is 0 Å². The summed E-state index contributed by atoms with van der Waals surface area (Å²) in [6.45, 7) is 0. The monoisotopic (exact) mass is 840 g/mol. The molecule has 12 aromatic rings. The third kappa shape index (κ3) is 6.93. The molecule has 0 aliphatic carbocycles. The number of fused-ring (bicyclic) bond motifs is 5. The lowest BCUT2D eigenvalue weighted by Crippen LogP contribution is -2.09. The van der Waals surface area contributed by atoms with E-state index in [1.807, 2.05) is 0 Å². The van der Waals surface area contributed by atoms with E-state index in [-0.39, 0.29) is 0 Å².